The molecule has 0 saturated carbocycles. The summed E-state index contributed by atoms with van der Waals surface area (Å²) in [6.07, 6.45) is 0. The zero-order chi connectivity index (χ0) is 16.3. The monoisotopic (exact) mass is 339 g/mol. The Balaban J connectivity index is 1.99. The van der Waals surface area contributed by atoms with Crippen molar-refractivity contribution in [2.24, 2.45) is 0 Å². The Morgan fingerprint density at radius 2 is 2.14 bits per heavy atom. The van der Waals surface area contributed by atoms with Crippen molar-refractivity contribution in [1.82, 2.24) is 20.2 Å². The average molecular weight is 340 g/mol. The van der Waals surface area contributed by atoms with E-state index in [-0.39, 0.29) is 17.2 Å². The van der Waals surface area contributed by atoms with Crippen molar-refractivity contribution in [2.75, 3.05) is 11.1 Å². The number of carbonyl (C=O) groups is 1. The summed E-state index contributed by atoms with van der Waals surface area (Å²) in [6.45, 7) is 7.92. The number of benzene rings is 1. The first-order chi connectivity index (χ1) is 10.3. The van der Waals surface area contributed by atoms with Gasteiger partial charge in [-0.25, -0.2) is 4.68 Å². The third kappa shape index (κ3) is 4.20. The zero-order valence-electron chi connectivity index (χ0n) is 12.9. The molecule has 22 heavy (non-hydrogen) atoms. The summed E-state index contributed by atoms with van der Waals surface area (Å²) >= 11 is 7.24. The third-order valence-electron chi connectivity index (χ3n) is 2.88. The molecule has 1 amide bonds. The number of nitrogens with zero attached hydrogens (tertiary/aromatic N) is 4. The first kappa shape index (κ1) is 16.8. The van der Waals surface area contributed by atoms with Crippen molar-refractivity contribution in [3.63, 3.8) is 0 Å². The summed E-state index contributed by atoms with van der Waals surface area (Å²) < 4.78 is 1.70. The maximum absolute atomic E-state index is 12.1. The van der Waals surface area contributed by atoms with Gasteiger partial charge in [0.2, 0.25) is 11.1 Å². The Morgan fingerprint density at radius 1 is 1.41 bits per heavy atom. The van der Waals surface area contributed by atoms with E-state index in [0.717, 1.165) is 5.56 Å². The molecule has 118 valence electrons. The lowest BCUT2D eigenvalue weighted by atomic mass is 10.1. The van der Waals surface area contributed by atoms with Crippen LogP contribution in [0, 0.1) is 6.92 Å². The largest absolute Gasteiger partial charge is 0.325 e. The van der Waals surface area contributed by atoms with Crippen molar-refractivity contribution >= 4 is 35.0 Å². The van der Waals surface area contributed by atoms with Gasteiger partial charge in [0.05, 0.1) is 11.3 Å². The number of aromatic nitrogens is 4. The van der Waals surface area contributed by atoms with Gasteiger partial charge in [-0.1, -0.05) is 29.4 Å². The number of rotatable bonds is 4. The molecule has 0 radical (unpaired) electrons. The Morgan fingerprint density at radius 3 is 2.82 bits per heavy atom. The third-order valence-corrected chi connectivity index (χ3v) is 4.04. The van der Waals surface area contributed by atoms with E-state index in [1.54, 1.807) is 16.8 Å². The second-order valence-corrected chi connectivity index (χ2v) is 7.22. The van der Waals surface area contributed by atoms with Gasteiger partial charge in [-0.2, -0.15) is 0 Å². The number of thioether (sulfide) groups is 1. The molecule has 1 aromatic carbocycles. The lowest BCUT2D eigenvalue weighted by Gasteiger charge is -2.19. The molecule has 0 bridgehead atoms. The number of aryl methyl sites for hydroxylation is 1. The molecule has 0 fully saturated rings. The zero-order valence-corrected chi connectivity index (χ0v) is 14.5. The number of hydrogen-bond donors (Lipinski definition) is 1. The molecular formula is C14H18ClN5OS. The van der Waals surface area contributed by atoms with Gasteiger partial charge in [-0.3, -0.25) is 4.79 Å². The molecule has 1 N–H and O–H groups in total. The van der Waals surface area contributed by atoms with Crippen molar-refractivity contribution in [3.8, 4) is 0 Å². The van der Waals surface area contributed by atoms with Crippen LogP contribution in [0.2, 0.25) is 5.02 Å². The second-order valence-electron chi connectivity index (χ2n) is 5.84. The van der Waals surface area contributed by atoms with Gasteiger partial charge in [-0.15, -0.1) is 5.10 Å². The van der Waals surface area contributed by atoms with Crippen LogP contribution >= 0.6 is 23.4 Å². The van der Waals surface area contributed by atoms with Gasteiger partial charge in [-0.05, 0) is 55.8 Å². The fraction of sp³-hybridized carbons (Fsp3) is 0.429. The summed E-state index contributed by atoms with van der Waals surface area (Å²) in [6, 6.07) is 5.39. The molecule has 0 saturated heterocycles. The number of tetrazole rings is 1. The number of nitrogens with one attached hydrogen (secondary N) is 1. The number of anilines is 1. The smallest absolute Gasteiger partial charge is 0.234 e. The summed E-state index contributed by atoms with van der Waals surface area (Å²) in [5.41, 5.74) is 1.45. The van der Waals surface area contributed by atoms with Crippen molar-refractivity contribution in [2.45, 2.75) is 38.4 Å². The Hall–Kier alpha value is -1.60. The normalized spacial score (nSPS) is 11.5. The molecule has 0 aliphatic heterocycles. The second kappa shape index (κ2) is 6.66. The molecule has 1 aromatic heterocycles. The summed E-state index contributed by atoms with van der Waals surface area (Å²) in [5, 5.41) is 15.6. The van der Waals surface area contributed by atoms with Gasteiger partial charge in [0.1, 0.15) is 0 Å². The molecule has 8 heteroatoms. The molecule has 0 aliphatic rings. The minimum atomic E-state index is -0.230. The molecule has 0 atom stereocenters. The Labute approximate surface area is 138 Å². The van der Waals surface area contributed by atoms with Gasteiger partial charge < -0.3 is 5.32 Å². The van der Waals surface area contributed by atoms with Crippen LogP contribution in [0.1, 0.15) is 26.3 Å². The van der Waals surface area contributed by atoms with E-state index >= 15 is 0 Å². The van der Waals surface area contributed by atoms with Crippen LogP contribution in [0.3, 0.4) is 0 Å². The van der Waals surface area contributed by atoms with E-state index in [9.17, 15) is 4.79 Å². The molecule has 2 rings (SSSR count). The van der Waals surface area contributed by atoms with E-state index in [1.807, 2.05) is 33.8 Å². The molecule has 6 nitrogen and oxygen atoms in total. The highest BCUT2D eigenvalue weighted by molar-refractivity contribution is 7.99. The number of hydrogen-bond acceptors (Lipinski definition) is 5. The Bertz CT molecular complexity index is 680. The van der Waals surface area contributed by atoms with Gasteiger partial charge >= 0.3 is 0 Å². The quantitative estimate of drug-likeness (QED) is 0.866. The maximum Gasteiger partial charge on any atom is 0.234 e. The number of amides is 1. The summed E-state index contributed by atoms with van der Waals surface area (Å²) in [7, 11) is 0. The van der Waals surface area contributed by atoms with Crippen molar-refractivity contribution in [3.05, 3.63) is 28.8 Å². The maximum atomic E-state index is 12.1. The van der Waals surface area contributed by atoms with E-state index in [4.69, 9.17) is 11.6 Å². The predicted octanol–water partition coefficient (Wildman–Crippen LogP) is 3.12. The molecule has 1 heterocycles. The fourth-order valence-corrected chi connectivity index (χ4v) is 2.77. The van der Waals surface area contributed by atoms with Gasteiger partial charge in [0.15, 0.2) is 0 Å². The fourth-order valence-electron chi connectivity index (χ4n) is 1.74. The first-order valence-corrected chi connectivity index (χ1v) is 8.11. The lowest BCUT2D eigenvalue weighted by molar-refractivity contribution is -0.113. The van der Waals surface area contributed by atoms with E-state index < -0.39 is 0 Å². The minimum absolute atomic E-state index is 0.126. The SMILES string of the molecule is Cc1ccc(Cl)cc1NC(=O)CSc1nnnn1C(C)(C)C. The predicted molar refractivity (Wildman–Crippen MR) is 88.4 cm³/mol. The van der Waals surface area contributed by atoms with Crippen LogP contribution in [0.15, 0.2) is 23.4 Å². The number of halogens is 1. The highest BCUT2D eigenvalue weighted by Crippen LogP contribution is 2.23. The van der Waals surface area contributed by atoms with Crippen molar-refractivity contribution in [1.29, 1.82) is 0 Å². The van der Waals surface area contributed by atoms with Crippen molar-refractivity contribution < 1.29 is 4.79 Å². The van der Waals surface area contributed by atoms with Crippen LogP contribution in [0.25, 0.3) is 0 Å². The number of carbonyl (C=O) groups excluding carboxylic acids is 1. The standard InChI is InChI=1S/C14H18ClN5OS/c1-9-5-6-10(15)7-11(9)16-12(21)8-22-13-17-18-19-20(13)14(2,3)4/h5-7H,8H2,1-4H3,(H,16,21). The topological polar surface area (TPSA) is 72.7 Å². The highest BCUT2D eigenvalue weighted by atomic mass is 35.5. The van der Waals surface area contributed by atoms with E-state index in [2.05, 4.69) is 20.8 Å². The molecule has 0 spiro atoms. The van der Waals surface area contributed by atoms with Crippen LogP contribution in [-0.4, -0.2) is 31.9 Å². The molecule has 2 aromatic rings. The first-order valence-electron chi connectivity index (χ1n) is 6.75. The summed E-state index contributed by atoms with van der Waals surface area (Å²) in [4.78, 5) is 12.1. The van der Waals surface area contributed by atoms with Gasteiger partial charge in [0, 0.05) is 10.7 Å². The molecule has 0 unspecified atom stereocenters. The van der Waals surface area contributed by atoms with Crippen LogP contribution in [0.4, 0.5) is 5.69 Å². The van der Waals surface area contributed by atoms with E-state index in [1.165, 1.54) is 11.8 Å². The molecular weight excluding hydrogens is 322 g/mol. The lowest BCUT2D eigenvalue weighted by Crippen LogP contribution is -2.24. The Kier molecular flexibility index (Phi) is 5.08. The minimum Gasteiger partial charge on any atom is -0.325 e. The molecule has 0 aliphatic carbocycles. The van der Waals surface area contributed by atoms with E-state index in [0.29, 0.717) is 15.9 Å². The average Bonchev–Trinajstić information content (AvgIpc) is 2.89. The highest BCUT2D eigenvalue weighted by Gasteiger charge is 2.20. The van der Waals surface area contributed by atoms with Crippen LogP contribution < -0.4 is 5.32 Å². The summed E-state index contributed by atoms with van der Waals surface area (Å²) in [5.74, 6) is 0.0985. The van der Waals surface area contributed by atoms with Gasteiger partial charge in [0.25, 0.3) is 0 Å². The van der Waals surface area contributed by atoms with Crippen LogP contribution in [-0.2, 0) is 10.3 Å². The van der Waals surface area contributed by atoms with Crippen LogP contribution in [0.5, 0.6) is 0 Å².